The summed E-state index contributed by atoms with van der Waals surface area (Å²) in [4.78, 5) is 12.6. The highest BCUT2D eigenvalue weighted by molar-refractivity contribution is 6.02. The maximum atomic E-state index is 12.6. The monoisotopic (exact) mass is 450 g/mol. The van der Waals surface area contributed by atoms with Gasteiger partial charge in [-0.2, -0.15) is 0 Å². The number of carbonyl (C=O) groups excluding carboxylic acids is 1. The van der Waals surface area contributed by atoms with Crippen LogP contribution in [0.2, 0.25) is 0 Å². The van der Waals surface area contributed by atoms with Crippen LogP contribution >= 0.6 is 0 Å². The molecule has 0 aliphatic carbocycles. The lowest BCUT2D eigenvalue weighted by atomic mass is 9.95. The number of ether oxygens (including phenoxy) is 3. The fraction of sp³-hybridized carbons (Fsp3) is 0.381. The molecule has 2 aromatic rings. The Kier molecular flexibility index (Phi) is 5.84. The van der Waals surface area contributed by atoms with Gasteiger partial charge in [0.1, 0.15) is 53.3 Å². The van der Waals surface area contributed by atoms with Crippen molar-refractivity contribution in [3.63, 3.8) is 0 Å². The van der Waals surface area contributed by atoms with Crippen LogP contribution in [0, 0.1) is 0 Å². The molecule has 0 bridgehead atoms. The maximum absolute atomic E-state index is 12.6. The van der Waals surface area contributed by atoms with Crippen LogP contribution in [0.5, 0.6) is 28.7 Å². The molecule has 0 aromatic heterocycles. The van der Waals surface area contributed by atoms with Crippen LogP contribution in [0.1, 0.15) is 28.4 Å². The molecular formula is C21H22O11. The van der Waals surface area contributed by atoms with E-state index in [-0.39, 0.29) is 35.0 Å². The number of ketones is 1. The number of aliphatic hydroxyl groups excluding tert-OH is 4. The number of hydrogen-bond donors (Lipinski definition) is 7. The van der Waals surface area contributed by atoms with Crippen molar-refractivity contribution in [1.82, 2.24) is 0 Å². The van der Waals surface area contributed by atoms with E-state index in [1.54, 1.807) is 0 Å². The van der Waals surface area contributed by atoms with E-state index in [2.05, 4.69) is 0 Å². The third-order valence-electron chi connectivity index (χ3n) is 5.45. The number of phenols is 3. The molecule has 7 N–H and O–H groups in total. The molecule has 172 valence electrons. The molecular weight excluding hydrogens is 428 g/mol. The number of aliphatic hydroxyl groups is 4. The van der Waals surface area contributed by atoms with Crippen molar-refractivity contribution in [2.24, 2.45) is 0 Å². The Labute approximate surface area is 181 Å². The predicted octanol–water partition coefficient (Wildman–Crippen LogP) is -0.311. The summed E-state index contributed by atoms with van der Waals surface area (Å²) in [5, 5.41) is 68.8. The average Bonchev–Trinajstić information content (AvgIpc) is 2.75. The molecule has 1 fully saturated rings. The zero-order chi connectivity index (χ0) is 23.2. The van der Waals surface area contributed by atoms with Crippen molar-refractivity contribution in [1.29, 1.82) is 0 Å². The Bertz CT molecular complexity index is 1020. The van der Waals surface area contributed by atoms with Gasteiger partial charge in [0.05, 0.1) is 13.0 Å². The van der Waals surface area contributed by atoms with Gasteiger partial charge in [-0.25, -0.2) is 0 Å². The van der Waals surface area contributed by atoms with Crippen LogP contribution in [-0.4, -0.2) is 78.8 Å². The summed E-state index contributed by atoms with van der Waals surface area (Å²) >= 11 is 0. The minimum Gasteiger partial charge on any atom is -0.507 e. The van der Waals surface area contributed by atoms with Crippen molar-refractivity contribution >= 4 is 5.78 Å². The average molecular weight is 450 g/mol. The third kappa shape index (κ3) is 3.92. The molecule has 0 amide bonds. The molecule has 6 atom stereocenters. The van der Waals surface area contributed by atoms with E-state index in [4.69, 9.17) is 14.2 Å². The Morgan fingerprint density at radius 2 is 1.69 bits per heavy atom. The zero-order valence-electron chi connectivity index (χ0n) is 16.5. The molecule has 2 aliphatic rings. The third-order valence-corrected chi connectivity index (χ3v) is 5.45. The van der Waals surface area contributed by atoms with Gasteiger partial charge in [0.15, 0.2) is 17.3 Å². The fourth-order valence-corrected chi connectivity index (χ4v) is 3.71. The predicted molar refractivity (Wildman–Crippen MR) is 105 cm³/mol. The molecule has 0 spiro atoms. The van der Waals surface area contributed by atoms with Gasteiger partial charge in [-0.15, -0.1) is 0 Å². The largest absolute Gasteiger partial charge is 0.507 e. The van der Waals surface area contributed by atoms with Crippen molar-refractivity contribution in [2.75, 3.05) is 6.61 Å². The molecule has 2 heterocycles. The Morgan fingerprint density at radius 3 is 2.38 bits per heavy atom. The van der Waals surface area contributed by atoms with Crippen LogP contribution in [0.15, 0.2) is 30.3 Å². The summed E-state index contributed by atoms with van der Waals surface area (Å²) in [5.74, 6) is -1.69. The van der Waals surface area contributed by atoms with Crippen LogP contribution in [0.25, 0.3) is 0 Å². The van der Waals surface area contributed by atoms with E-state index in [0.717, 1.165) is 6.07 Å². The van der Waals surface area contributed by atoms with E-state index in [1.807, 2.05) is 0 Å². The summed E-state index contributed by atoms with van der Waals surface area (Å²) < 4.78 is 16.6. The van der Waals surface area contributed by atoms with Gasteiger partial charge in [-0.1, -0.05) is 6.07 Å². The second-order valence-corrected chi connectivity index (χ2v) is 7.61. The topological polar surface area (TPSA) is 186 Å². The first-order valence-electron chi connectivity index (χ1n) is 9.75. The van der Waals surface area contributed by atoms with Gasteiger partial charge in [0, 0.05) is 12.1 Å². The maximum Gasteiger partial charge on any atom is 0.229 e. The zero-order valence-corrected chi connectivity index (χ0v) is 16.5. The fourth-order valence-electron chi connectivity index (χ4n) is 3.71. The highest BCUT2D eigenvalue weighted by Crippen LogP contribution is 2.43. The second-order valence-electron chi connectivity index (χ2n) is 7.61. The first kappa shape index (κ1) is 22.1. The SMILES string of the molecule is O=C1C[C@H](c2ccc(O)c(O)c2)Oc2cc(O[C@H]3O[C@H](CO)[C@H](O)[C@@H](O)[C@H]3O)cc(O)c21. The first-order valence-corrected chi connectivity index (χ1v) is 9.75. The lowest BCUT2D eigenvalue weighted by molar-refractivity contribution is -0.277. The van der Waals surface area contributed by atoms with Gasteiger partial charge >= 0.3 is 0 Å². The summed E-state index contributed by atoms with van der Waals surface area (Å²) in [6, 6.07) is 6.37. The Morgan fingerprint density at radius 1 is 0.938 bits per heavy atom. The first-order chi connectivity index (χ1) is 15.2. The molecule has 0 unspecified atom stereocenters. The highest BCUT2D eigenvalue weighted by atomic mass is 16.7. The number of hydrogen-bond acceptors (Lipinski definition) is 11. The number of benzene rings is 2. The molecule has 4 rings (SSSR count). The van der Waals surface area contributed by atoms with Crippen LogP contribution < -0.4 is 9.47 Å². The van der Waals surface area contributed by atoms with Crippen LogP contribution in [-0.2, 0) is 4.74 Å². The molecule has 32 heavy (non-hydrogen) atoms. The molecule has 1 saturated heterocycles. The number of phenolic OH excluding ortho intramolecular Hbond substituents is 3. The second kappa shape index (κ2) is 8.45. The molecule has 11 heteroatoms. The summed E-state index contributed by atoms with van der Waals surface area (Å²) in [6.45, 7) is -0.640. The molecule has 0 radical (unpaired) electrons. The Hall–Kier alpha value is -3.09. The lowest BCUT2D eigenvalue weighted by Gasteiger charge is -2.39. The highest BCUT2D eigenvalue weighted by Gasteiger charge is 2.45. The number of Topliss-reactive ketones (excluding diaryl/α,β-unsaturated/α-hetero) is 1. The van der Waals surface area contributed by atoms with Gasteiger partial charge in [-0.05, 0) is 17.7 Å². The van der Waals surface area contributed by atoms with Gasteiger partial charge in [0.2, 0.25) is 6.29 Å². The normalized spacial score (nSPS) is 29.8. The number of aromatic hydroxyl groups is 3. The van der Waals surface area contributed by atoms with E-state index >= 15 is 0 Å². The van der Waals surface area contributed by atoms with Crippen LogP contribution in [0.4, 0.5) is 0 Å². The van der Waals surface area contributed by atoms with Gasteiger partial charge in [-0.3, -0.25) is 4.79 Å². The summed E-state index contributed by atoms with van der Waals surface area (Å²) in [5.41, 5.74) is 0.337. The molecule has 2 aliphatic heterocycles. The van der Waals surface area contributed by atoms with E-state index in [9.17, 15) is 40.5 Å². The standard InChI is InChI=1S/C21H22O11/c22-7-16-18(27)19(28)20(29)21(32-16)30-9-4-12(25)17-13(26)6-14(31-15(17)5-9)8-1-2-10(23)11(24)3-8/h1-5,14,16,18-25,27-29H,6-7H2/t14-,16-,18+,19-,20-,21+/m1/s1. The lowest BCUT2D eigenvalue weighted by Crippen LogP contribution is -2.60. The van der Waals surface area contributed by atoms with E-state index < -0.39 is 54.9 Å². The van der Waals surface area contributed by atoms with Crippen molar-refractivity contribution < 1.29 is 54.8 Å². The molecule has 2 aromatic carbocycles. The smallest absolute Gasteiger partial charge is 0.229 e. The van der Waals surface area contributed by atoms with Gasteiger partial charge < -0.3 is 50.0 Å². The summed E-state index contributed by atoms with van der Waals surface area (Å²) in [6.07, 6.45) is -8.50. The number of fused-ring (bicyclic) bond motifs is 1. The molecule has 0 saturated carbocycles. The van der Waals surface area contributed by atoms with Crippen LogP contribution in [0.3, 0.4) is 0 Å². The minimum atomic E-state index is -1.67. The van der Waals surface area contributed by atoms with E-state index in [0.29, 0.717) is 5.56 Å². The van der Waals surface area contributed by atoms with Crippen molar-refractivity contribution in [3.8, 4) is 28.7 Å². The Balaban J connectivity index is 1.60. The van der Waals surface area contributed by atoms with Crippen molar-refractivity contribution in [3.05, 3.63) is 41.5 Å². The number of carbonyl (C=O) groups is 1. The minimum absolute atomic E-state index is 0.0293. The quantitative estimate of drug-likeness (QED) is 0.303. The van der Waals surface area contributed by atoms with Gasteiger partial charge in [0.25, 0.3) is 0 Å². The van der Waals surface area contributed by atoms with Crippen molar-refractivity contribution in [2.45, 2.75) is 43.2 Å². The van der Waals surface area contributed by atoms with E-state index in [1.165, 1.54) is 24.3 Å². The molecule has 11 nitrogen and oxygen atoms in total. The number of rotatable bonds is 4. The summed E-state index contributed by atoms with van der Waals surface area (Å²) in [7, 11) is 0.